The molecule has 0 unspecified atom stereocenters. The third kappa shape index (κ3) is 2.94. The Morgan fingerprint density at radius 1 is 1.05 bits per heavy atom. The smallest absolute Gasteiger partial charge is 0.0838 e. The third-order valence-electron chi connectivity index (χ3n) is 5.17. The number of aliphatic hydroxyl groups excluding tert-OH is 1. The second-order valence-electron chi connectivity index (χ2n) is 8.36. The van der Waals surface area contributed by atoms with Gasteiger partial charge in [-0.25, -0.2) is 0 Å². The van der Waals surface area contributed by atoms with E-state index in [0.29, 0.717) is 5.71 Å². The number of allylic oxidation sites excluding steroid dienone is 3. The first-order valence-electron chi connectivity index (χ1n) is 7.83. The van der Waals surface area contributed by atoms with Gasteiger partial charge in [0.05, 0.1) is 11.8 Å². The fourth-order valence-electron chi connectivity index (χ4n) is 4.53. The molecule has 0 heterocycles. The lowest BCUT2D eigenvalue weighted by Gasteiger charge is -2.48. The predicted molar refractivity (Wildman–Crippen MR) is 86.5 cm³/mol. The zero-order valence-corrected chi connectivity index (χ0v) is 14.1. The zero-order valence-electron chi connectivity index (χ0n) is 14.1. The van der Waals surface area contributed by atoms with Crippen molar-refractivity contribution in [2.75, 3.05) is 0 Å². The molecule has 0 aliphatic heterocycles. The van der Waals surface area contributed by atoms with Gasteiger partial charge in [0.2, 0.25) is 0 Å². The quantitative estimate of drug-likeness (QED) is 0.433. The molecule has 0 amide bonds. The Bertz CT molecular complexity index is 511. The first-order valence-corrected chi connectivity index (χ1v) is 7.83. The highest BCUT2D eigenvalue weighted by molar-refractivity contribution is 5.98. The van der Waals surface area contributed by atoms with Crippen LogP contribution in [0.2, 0.25) is 0 Å². The molecule has 0 aromatic heterocycles. The number of aliphatic hydroxyl groups is 1. The van der Waals surface area contributed by atoms with Crippen LogP contribution in [0.15, 0.2) is 28.5 Å². The molecule has 0 aromatic rings. The van der Waals surface area contributed by atoms with Crippen molar-refractivity contribution < 1.29 is 10.3 Å². The molecule has 2 aliphatic carbocycles. The molecule has 0 spiro atoms. The summed E-state index contributed by atoms with van der Waals surface area (Å²) in [7, 11) is 0. The lowest BCUT2D eigenvalue weighted by molar-refractivity contribution is -0.0191. The largest absolute Gasteiger partial charge is 0.411 e. The molecule has 0 saturated carbocycles. The highest BCUT2D eigenvalue weighted by atomic mass is 16.4. The van der Waals surface area contributed by atoms with Crippen LogP contribution in [0.1, 0.15) is 54.4 Å². The van der Waals surface area contributed by atoms with Crippen LogP contribution in [-0.2, 0) is 0 Å². The first kappa shape index (κ1) is 16.3. The summed E-state index contributed by atoms with van der Waals surface area (Å²) in [5.74, 6) is 0.0368. The molecule has 21 heavy (non-hydrogen) atoms. The van der Waals surface area contributed by atoms with Crippen molar-refractivity contribution in [2.45, 2.75) is 60.5 Å². The topological polar surface area (TPSA) is 52.8 Å². The maximum atomic E-state index is 10.9. The second-order valence-corrected chi connectivity index (χ2v) is 8.36. The molecule has 0 aromatic carbocycles. The Kier molecular flexibility index (Phi) is 4.09. The van der Waals surface area contributed by atoms with Crippen LogP contribution >= 0.6 is 0 Å². The van der Waals surface area contributed by atoms with Gasteiger partial charge in [-0.3, -0.25) is 0 Å². The van der Waals surface area contributed by atoms with Crippen molar-refractivity contribution in [3.8, 4) is 0 Å². The Hall–Kier alpha value is -1.09. The van der Waals surface area contributed by atoms with Crippen molar-refractivity contribution in [1.29, 1.82) is 0 Å². The molecule has 3 nitrogen and oxygen atoms in total. The molecule has 3 heteroatoms. The molecule has 3 atom stereocenters. The van der Waals surface area contributed by atoms with Gasteiger partial charge in [0.1, 0.15) is 0 Å². The van der Waals surface area contributed by atoms with Gasteiger partial charge in [0.25, 0.3) is 0 Å². The van der Waals surface area contributed by atoms with Crippen LogP contribution < -0.4 is 0 Å². The second kappa shape index (κ2) is 5.28. The summed E-state index contributed by atoms with van der Waals surface area (Å²) < 4.78 is 0. The van der Waals surface area contributed by atoms with Crippen LogP contribution in [0.25, 0.3) is 0 Å². The standard InChI is InChI=1S/C18H29NO2/c1-11-7-13(16(20)18(5,6)10-11)15-14(19-21)8-12(2)9-17(15,3)4/h7-8,13,15-16,20-21H,9-10H2,1-6H3/b19-14+/t13-,15-,16+/m1/s1. The minimum atomic E-state index is -0.422. The van der Waals surface area contributed by atoms with Gasteiger partial charge in [0, 0.05) is 11.8 Å². The monoisotopic (exact) mass is 291 g/mol. The van der Waals surface area contributed by atoms with Crippen LogP contribution in [0.4, 0.5) is 0 Å². The average molecular weight is 291 g/mol. The van der Waals surface area contributed by atoms with Crippen LogP contribution in [-0.4, -0.2) is 22.1 Å². The van der Waals surface area contributed by atoms with Crippen LogP contribution in [0.5, 0.6) is 0 Å². The van der Waals surface area contributed by atoms with E-state index in [2.05, 4.69) is 52.8 Å². The van der Waals surface area contributed by atoms with E-state index in [4.69, 9.17) is 0 Å². The maximum Gasteiger partial charge on any atom is 0.0838 e. The molecule has 0 saturated heterocycles. The fraction of sp³-hybridized carbons (Fsp3) is 0.722. The van der Waals surface area contributed by atoms with E-state index in [0.717, 1.165) is 12.8 Å². The van der Waals surface area contributed by atoms with Crippen molar-refractivity contribution >= 4 is 5.71 Å². The van der Waals surface area contributed by atoms with Gasteiger partial charge in [0.15, 0.2) is 0 Å². The van der Waals surface area contributed by atoms with E-state index in [-0.39, 0.29) is 22.7 Å². The fourth-order valence-corrected chi connectivity index (χ4v) is 4.53. The van der Waals surface area contributed by atoms with Crippen molar-refractivity contribution in [3.05, 3.63) is 23.3 Å². The van der Waals surface area contributed by atoms with E-state index in [1.165, 1.54) is 11.1 Å². The van der Waals surface area contributed by atoms with E-state index >= 15 is 0 Å². The lowest BCUT2D eigenvalue weighted by Crippen LogP contribution is -2.49. The molecule has 118 valence electrons. The molecule has 0 radical (unpaired) electrons. The van der Waals surface area contributed by atoms with Gasteiger partial charge >= 0.3 is 0 Å². The Balaban J connectivity index is 2.50. The van der Waals surface area contributed by atoms with Gasteiger partial charge in [-0.1, -0.05) is 50.1 Å². The highest BCUT2D eigenvalue weighted by Crippen LogP contribution is 2.49. The number of oxime groups is 1. The van der Waals surface area contributed by atoms with Crippen LogP contribution in [0.3, 0.4) is 0 Å². The van der Waals surface area contributed by atoms with E-state index in [1.807, 2.05) is 6.08 Å². The highest BCUT2D eigenvalue weighted by Gasteiger charge is 2.48. The summed E-state index contributed by atoms with van der Waals surface area (Å²) in [6, 6.07) is 0. The summed E-state index contributed by atoms with van der Waals surface area (Å²) in [6.45, 7) is 12.9. The zero-order chi connectivity index (χ0) is 16.0. The van der Waals surface area contributed by atoms with E-state index < -0.39 is 6.10 Å². The number of nitrogens with zero attached hydrogens (tertiary/aromatic N) is 1. The molecule has 2 rings (SSSR count). The normalized spacial score (nSPS) is 37.1. The summed E-state index contributed by atoms with van der Waals surface area (Å²) in [4.78, 5) is 0. The van der Waals surface area contributed by atoms with Crippen LogP contribution in [0, 0.1) is 22.7 Å². The SMILES string of the molecule is CC1=C[C@H]([C@@H]2/C(=N/O)C=C(C)CC2(C)C)[C@H](O)C(C)(C)C1. The first-order chi connectivity index (χ1) is 9.58. The molecule has 0 fully saturated rings. The Morgan fingerprint density at radius 2 is 1.62 bits per heavy atom. The summed E-state index contributed by atoms with van der Waals surface area (Å²) in [5.41, 5.74) is 3.07. The predicted octanol–water partition coefficient (Wildman–Crippen LogP) is 4.16. The third-order valence-corrected chi connectivity index (χ3v) is 5.17. The molecule has 2 N–H and O–H groups in total. The molecular weight excluding hydrogens is 262 g/mol. The number of hydrogen-bond acceptors (Lipinski definition) is 3. The van der Waals surface area contributed by atoms with Gasteiger partial charge in [-0.15, -0.1) is 0 Å². The van der Waals surface area contributed by atoms with E-state index in [9.17, 15) is 10.3 Å². The van der Waals surface area contributed by atoms with Crippen molar-refractivity contribution in [1.82, 2.24) is 0 Å². The lowest BCUT2D eigenvalue weighted by atomic mass is 9.57. The van der Waals surface area contributed by atoms with E-state index in [1.54, 1.807) is 0 Å². The summed E-state index contributed by atoms with van der Waals surface area (Å²) >= 11 is 0. The molecule has 0 bridgehead atoms. The molecule has 2 aliphatic rings. The maximum absolute atomic E-state index is 10.9. The van der Waals surface area contributed by atoms with Gasteiger partial charge in [-0.05, 0) is 43.6 Å². The average Bonchev–Trinajstić information content (AvgIpc) is 2.31. The number of hydrogen-bond donors (Lipinski definition) is 2. The number of rotatable bonds is 1. The van der Waals surface area contributed by atoms with Crippen molar-refractivity contribution in [2.24, 2.45) is 27.8 Å². The van der Waals surface area contributed by atoms with Gasteiger partial charge < -0.3 is 10.3 Å². The Labute approximate surface area is 128 Å². The molecular formula is C18H29NO2. The summed E-state index contributed by atoms with van der Waals surface area (Å²) in [6.07, 6.45) is 5.63. The van der Waals surface area contributed by atoms with Gasteiger partial charge in [-0.2, -0.15) is 0 Å². The van der Waals surface area contributed by atoms with Crippen molar-refractivity contribution in [3.63, 3.8) is 0 Å². The summed E-state index contributed by atoms with van der Waals surface area (Å²) in [5, 5.41) is 23.9. The minimum Gasteiger partial charge on any atom is -0.411 e. The minimum absolute atomic E-state index is 0.000926. The Morgan fingerprint density at radius 3 is 2.19 bits per heavy atom.